The summed E-state index contributed by atoms with van der Waals surface area (Å²) in [5.41, 5.74) is 2.10. The molecular weight excluding hydrogens is 492 g/mol. The normalized spacial score (nSPS) is 10.7. The van der Waals surface area contributed by atoms with Crippen molar-refractivity contribution in [2.24, 2.45) is 0 Å². The molecule has 0 atom stereocenters. The number of thioether (sulfide) groups is 2. The molecule has 0 saturated heterocycles. The number of nitrogens with one attached hydrogen (secondary N) is 2. The molecule has 2 heterocycles. The van der Waals surface area contributed by atoms with Crippen molar-refractivity contribution in [2.45, 2.75) is 21.8 Å². The van der Waals surface area contributed by atoms with Crippen molar-refractivity contribution < 1.29 is 9.53 Å². The van der Waals surface area contributed by atoms with Gasteiger partial charge in [0.1, 0.15) is 5.75 Å². The number of nitrogens with zero attached hydrogens (tertiary/aromatic N) is 5. The summed E-state index contributed by atoms with van der Waals surface area (Å²) in [5, 5.41) is 23.2. The molecule has 4 aromatic rings. The highest BCUT2D eigenvalue weighted by molar-refractivity contribution is 8.00. The molecule has 34 heavy (non-hydrogen) atoms. The molecule has 13 heteroatoms. The molecule has 0 saturated carbocycles. The molecular formula is C21H22N8O2S3. The van der Waals surface area contributed by atoms with Crippen LogP contribution in [0.1, 0.15) is 11.4 Å². The quantitative estimate of drug-likeness (QED) is 0.155. The second-order valence-electron chi connectivity index (χ2n) is 6.84. The molecule has 4 rings (SSSR count). The molecule has 176 valence electrons. The SMILES string of the molecule is COc1ccc(NCc2nnc(SCC(=O)Nc3nnc(SCc4ccccc4)s3)n2N)cc1. The summed E-state index contributed by atoms with van der Waals surface area (Å²) in [5.74, 6) is 8.11. The molecule has 0 unspecified atom stereocenters. The molecule has 2 aromatic heterocycles. The van der Waals surface area contributed by atoms with Crippen LogP contribution in [0.3, 0.4) is 0 Å². The molecule has 10 nitrogen and oxygen atoms in total. The Bertz CT molecular complexity index is 1210. The van der Waals surface area contributed by atoms with Gasteiger partial charge in [-0.2, -0.15) is 0 Å². The number of rotatable bonds is 11. The number of hydrogen-bond donors (Lipinski definition) is 3. The summed E-state index contributed by atoms with van der Waals surface area (Å²) in [7, 11) is 1.62. The summed E-state index contributed by atoms with van der Waals surface area (Å²) in [6.45, 7) is 0.386. The Morgan fingerprint density at radius 1 is 1.06 bits per heavy atom. The number of carbonyl (C=O) groups is 1. The fourth-order valence-electron chi connectivity index (χ4n) is 2.74. The number of aromatic nitrogens is 5. The van der Waals surface area contributed by atoms with E-state index in [9.17, 15) is 4.79 Å². The van der Waals surface area contributed by atoms with Crippen LogP contribution in [0.2, 0.25) is 0 Å². The fraction of sp³-hybridized carbons (Fsp3) is 0.190. The minimum Gasteiger partial charge on any atom is -0.497 e. The van der Waals surface area contributed by atoms with E-state index in [2.05, 4.69) is 43.2 Å². The number of carbonyl (C=O) groups excluding carboxylic acids is 1. The largest absolute Gasteiger partial charge is 0.497 e. The first-order valence-corrected chi connectivity index (χ1v) is 12.9. The van der Waals surface area contributed by atoms with Gasteiger partial charge in [-0.1, -0.05) is 65.2 Å². The lowest BCUT2D eigenvalue weighted by molar-refractivity contribution is -0.113. The maximum atomic E-state index is 12.3. The number of anilines is 2. The first kappa shape index (κ1) is 23.9. The van der Waals surface area contributed by atoms with Crippen LogP contribution in [-0.2, 0) is 17.1 Å². The van der Waals surface area contributed by atoms with E-state index >= 15 is 0 Å². The number of methoxy groups -OCH3 is 1. The summed E-state index contributed by atoms with van der Waals surface area (Å²) in [6.07, 6.45) is 0. The van der Waals surface area contributed by atoms with Crippen molar-refractivity contribution >= 4 is 51.6 Å². The van der Waals surface area contributed by atoms with Crippen LogP contribution in [0.4, 0.5) is 10.8 Å². The van der Waals surface area contributed by atoms with Crippen molar-refractivity contribution in [1.29, 1.82) is 0 Å². The molecule has 0 fully saturated rings. The lowest BCUT2D eigenvalue weighted by atomic mass is 10.2. The summed E-state index contributed by atoms with van der Waals surface area (Å²) < 4.78 is 7.32. The molecule has 4 N–H and O–H groups in total. The molecule has 0 aliphatic heterocycles. The zero-order valence-electron chi connectivity index (χ0n) is 18.2. The van der Waals surface area contributed by atoms with Crippen molar-refractivity contribution in [3.8, 4) is 5.75 Å². The van der Waals surface area contributed by atoms with Gasteiger partial charge in [-0.15, -0.1) is 20.4 Å². The lowest BCUT2D eigenvalue weighted by Crippen LogP contribution is -2.18. The Balaban J connectivity index is 1.22. The van der Waals surface area contributed by atoms with Gasteiger partial charge in [0.15, 0.2) is 10.2 Å². The maximum Gasteiger partial charge on any atom is 0.236 e. The number of amides is 1. The van der Waals surface area contributed by atoms with Crippen LogP contribution < -0.4 is 21.2 Å². The van der Waals surface area contributed by atoms with Gasteiger partial charge in [-0.05, 0) is 29.8 Å². The van der Waals surface area contributed by atoms with Gasteiger partial charge in [0.05, 0.1) is 19.4 Å². The van der Waals surface area contributed by atoms with Crippen molar-refractivity contribution in [3.63, 3.8) is 0 Å². The van der Waals surface area contributed by atoms with Crippen LogP contribution in [0.5, 0.6) is 5.75 Å². The summed E-state index contributed by atoms with van der Waals surface area (Å²) in [6, 6.07) is 17.6. The van der Waals surface area contributed by atoms with Crippen LogP contribution in [0.25, 0.3) is 0 Å². The standard InChI is InChI=1S/C21H22N8O2S3/c1-31-16-9-7-15(8-10-16)23-11-17-25-27-20(29(17)22)32-13-18(30)24-19-26-28-21(34-19)33-12-14-5-3-2-4-6-14/h2-10,23H,11-13,22H2,1H3,(H,24,26,30). The third kappa shape index (κ3) is 6.62. The first-order chi connectivity index (χ1) is 16.6. The van der Waals surface area contributed by atoms with Gasteiger partial charge < -0.3 is 15.9 Å². The van der Waals surface area contributed by atoms with E-state index in [1.165, 1.54) is 33.3 Å². The Kier molecular flexibility index (Phi) is 8.22. The summed E-state index contributed by atoms with van der Waals surface area (Å²) in [4.78, 5) is 12.3. The minimum absolute atomic E-state index is 0.118. The van der Waals surface area contributed by atoms with Gasteiger partial charge in [0.2, 0.25) is 16.2 Å². The number of nitrogen functional groups attached to an aromatic ring is 1. The molecule has 1 amide bonds. The topological polar surface area (TPSA) is 133 Å². The van der Waals surface area contributed by atoms with Gasteiger partial charge in [0, 0.05) is 11.4 Å². The Morgan fingerprint density at radius 2 is 1.85 bits per heavy atom. The van der Waals surface area contributed by atoms with E-state index in [1.807, 2.05) is 42.5 Å². The van der Waals surface area contributed by atoms with Crippen LogP contribution in [0, 0.1) is 0 Å². The minimum atomic E-state index is -0.221. The summed E-state index contributed by atoms with van der Waals surface area (Å²) >= 11 is 4.12. The van der Waals surface area contributed by atoms with Crippen molar-refractivity contribution in [2.75, 3.05) is 29.3 Å². The lowest BCUT2D eigenvalue weighted by Gasteiger charge is -2.07. The number of nitrogens with two attached hydrogens (primary N) is 1. The van der Waals surface area contributed by atoms with Gasteiger partial charge in [0.25, 0.3) is 0 Å². The fourth-order valence-corrected chi connectivity index (χ4v) is 5.14. The second-order valence-corrected chi connectivity index (χ2v) is 9.98. The van der Waals surface area contributed by atoms with Gasteiger partial charge >= 0.3 is 0 Å². The maximum absolute atomic E-state index is 12.3. The smallest absolute Gasteiger partial charge is 0.236 e. The van der Waals surface area contributed by atoms with E-state index in [4.69, 9.17) is 10.6 Å². The molecule has 0 bridgehead atoms. The highest BCUT2D eigenvalue weighted by Crippen LogP contribution is 2.28. The van der Waals surface area contributed by atoms with Gasteiger partial charge in [-0.3, -0.25) is 10.1 Å². The van der Waals surface area contributed by atoms with Gasteiger partial charge in [-0.25, -0.2) is 4.68 Å². The zero-order valence-corrected chi connectivity index (χ0v) is 20.6. The highest BCUT2D eigenvalue weighted by atomic mass is 32.2. The monoisotopic (exact) mass is 514 g/mol. The van der Waals surface area contributed by atoms with Crippen molar-refractivity contribution in [3.05, 3.63) is 66.0 Å². The van der Waals surface area contributed by atoms with Crippen LogP contribution >= 0.6 is 34.9 Å². The molecule has 2 aromatic carbocycles. The zero-order chi connectivity index (χ0) is 23.8. The predicted octanol–water partition coefficient (Wildman–Crippen LogP) is 3.49. The molecule has 0 radical (unpaired) electrons. The van der Waals surface area contributed by atoms with Crippen LogP contribution in [0.15, 0.2) is 64.1 Å². The second kappa shape index (κ2) is 11.7. The first-order valence-electron chi connectivity index (χ1n) is 10.1. The van der Waals surface area contributed by atoms with E-state index < -0.39 is 0 Å². The number of ether oxygens (including phenoxy) is 1. The Labute approximate surface area is 208 Å². The third-order valence-corrected chi connectivity index (χ3v) is 7.45. The Morgan fingerprint density at radius 3 is 2.62 bits per heavy atom. The number of benzene rings is 2. The van der Waals surface area contributed by atoms with E-state index in [0.29, 0.717) is 22.7 Å². The predicted molar refractivity (Wildman–Crippen MR) is 136 cm³/mol. The van der Waals surface area contributed by atoms with E-state index in [0.717, 1.165) is 21.5 Å². The molecule has 0 aliphatic carbocycles. The third-order valence-electron chi connectivity index (χ3n) is 4.47. The average molecular weight is 515 g/mol. The average Bonchev–Trinajstić information content (AvgIpc) is 3.47. The van der Waals surface area contributed by atoms with Crippen molar-refractivity contribution in [1.82, 2.24) is 25.1 Å². The molecule has 0 spiro atoms. The molecule has 0 aliphatic rings. The van der Waals surface area contributed by atoms with E-state index in [1.54, 1.807) is 18.9 Å². The number of hydrogen-bond acceptors (Lipinski definition) is 11. The highest BCUT2D eigenvalue weighted by Gasteiger charge is 2.14. The van der Waals surface area contributed by atoms with E-state index in [-0.39, 0.29) is 11.7 Å². The Hall–Kier alpha value is -3.29. The van der Waals surface area contributed by atoms with Crippen LogP contribution in [-0.4, -0.2) is 43.8 Å².